The zero-order chi connectivity index (χ0) is 14.4. The number of hydrogen-bond acceptors (Lipinski definition) is 3. The second-order valence-corrected chi connectivity index (χ2v) is 4.85. The van der Waals surface area contributed by atoms with Gasteiger partial charge in [-0.25, -0.2) is 0 Å². The monoisotopic (exact) mass is 275 g/mol. The molecule has 0 aromatic heterocycles. The Morgan fingerprint density at radius 3 is 2.85 bits per heavy atom. The Kier molecular flexibility index (Phi) is 5.18. The number of nitrogens with zero attached hydrogens (tertiary/aromatic N) is 1. The average molecular weight is 275 g/mol. The third-order valence-electron chi connectivity index (χ3n) is 3.48. The minimum absolute atomic E-state index is 0.0209. The van der Waals surface area contributed by atoms with Gasteiger partial charge in [-0.3, -0.25) is 4.79 Å². The maximum absolute atomic E-state index is 12.1. The van der Waals surface area contributed by atoms with Crippen molar-refractivity contribution in [3.05, 3.63) is 35.9 Å². The van der Waals surface area contributed by atoms with Crippen LogP contribution in [-0.2, 0) is 4.79 Å². The second-order valence-electron chi connectivity index (χ2n) is 4.85. The van der Waals surface area contributed by atoms with E-state index in [0.717, 1.165) is 30.7 Å². The number of amides is 1. The van der Waals surface area contributed by atoms with Gasteiger partial charge in [0.15, 0.2) is 0 Å². The number of ether oxygens (including phenoxy) is 1. The van der Waals surface area contributed by atoms with Gasteiger partial charge in [-0.15, -0.1) is 0 Å². The molecule has 1 N–H and O–H groups in total. The van der Waals surface area contributed by atoms with Crippen LogP contribution in [0.1, 0.15) is 25.3 Å². The maximum Gasteiger partial charge on any atom is 0.246 e. The summed E-state index contributed by atoms with van der Waals surface area (Å²) in [6.07, 6.45) is 5.22. The fraction of sp³-hybridized carbons (Fsp3) is 0.438. The summed E-state index contributed by atoms with van der Waals surface area (Å²) >= 11 is 0. The third-order valence-corrected chi connectivity index (χ3v) is 3.48. The van der Waals surface area contributed by atoms with Crippen LogP contribution in [0.3, 0.4) is 0 Å². The van der Waals surface area contributed by atoms with E-state index in [0.29, 0.717) is 6.61 Å². The van der Waals surface area contributed by atoms with Gasteiger partial charge in [0, 0.05) is 12.6 Å². The standard InChI is InChI=1S/C16H21NO3/c1-2-20-15-8-5-13(6-9-15)7-10-16(19)17-11-3-4-14(17)12-18/h5-10,14,18H,2-4,11-12H2,1H3/t14-/m0/s1. The lowest BCUT2D eigenvalue weighted by Crippen LogP contribution is -2.36. The molecule has 1 amide bonds. The first-order valence-corrected chi connectivity index (χ1v) is 7.07. The summed E-state index contributed by atoms with van der Waals surface area (Å²) < 4.78 is 5.37. The molecule has 1 saturated heterocycles. The number of likely N-dealkylation sites (tertiary alicyclic amines) is 1. The molecule has 0 spiro atoms. The quantitative estimate of drug-likeness (QED) is 0.837. The number of benzene rings is 1. The molecule has 0 aliphatic carbocycles. The van der Waals surface area contributed by atoms with E-state index in [4.69, 9.17) is 4.74 Å². The Labute approximate surface area is 119 Å². The predicted octanol–water partition coefficient (Wildman–Crippen LogP) is 2.08. The summed E-state index contributed by atoms with van der Waals surface area (Å²) in [7, 11) is 0. The Hall–Kier alpha value is -1.81. The first kappa shape index (κ1) is 14.6. The maximum atomic E-state index is 12.1. The minimum Gasteiger partial charge on any atom is -0.494 e. The largest absolute Gasteiger partial charge is 0.494 e. The molecule has 1 heterocycles. The molecule has 1 fully saturated rings. The second kappa shape index (κ2) is 7.10. The van der Waals surface area contributed by atoms with Crippen molar-refractivity contribution < 1.29 is 14.6 Å². The summed E-state index contributed by atoms with van der Waals surface area (Å²) in [5.74, 6) is 0.797. The average Bonchev–Trinajstić information content (AvgIpc) is 2.95. The highest BCUT2D eigenvalue weighted by atomic mass is 16.5. The molecular weight excluding hydrogens is 254 g/mol. The fourth-order valence-electron chi connectivity index (χ4n) is 2.42. The topological polar surface area (TPSA) is 49.8 Å². The molecule has 2 rings (SSSR count). The lowest BCUT2D eigenvalue weighted by molar-refractivity contribution is -0.127. The van der Waals surface area contributed by atoms with Crippen molar-refractivity contribution in [1.29, 1.82) is 0 Å². The van der Waals surface area contributed by atoms with Gasteiger partial charge in [0.2, 0.25) is 5.91 Å². The first-order valence-electron chi connectivity index (χ1n) is 7.07. The molecule has 4 nitrogen and oxygen atoms in total. The van der Waals surface area contributed by atoms with Gasteiger partial charge < -0.3 is 14.7 Å². The Bertz CT molecular complexity index is 467. The van der Waals surface area contributed by atoms with E-state index >= 15 is 0 Å². The number of carbonyl (C=O) groups excluding carboxylic acids is 1. The van der Waals surface area contributed by atoms with Crippen LogP contribution in [0.15, 0.2) is 30.3 Å². The number of aliphatic hydroxyl groups excluding tert-OH is 1. The molecule has 1 atom stereocenters. The van der Waals surface area contributed by atoms with Crippen LogP contribution in [0.2, 0.25) is 0 Å². The van der Waals surface area contributed by atoms with E-state index in [1.807, 2.05) is 31.2 Å². The smallest absolute Gasteiger partial charge is 0.246 e. The molecule has 20 heavy (non-hydrogen) atoms. The van der Waals surface area contributed by atoms with E-state index < -0.39 is 0 Å². The predicted molar refractivity (Wildman–Crippen MR) is 78.5 cm³/mol. The molecule has 1 aromatic carbocycles. The summed E-state index contributed by atoms with van der Waals surface area (Å²) in [6, 6.07) is 7.59. The molecule has 1 aromatic rings. The van der Waals surface area contributed by atoms with Crippen LogP contribution in [0.25, 0.3) is 6.08 Å². The van der Waals surface area contributed by atoms with Gasteiger partial charge in [-0.2, -0.15) is 0 Å². The van der Waals surface area contributed by atoms with Crippen LogP contribution >= 0.6 is 0 Å². The van der Waals surface area contributed by atoms with Crippen LogP contribution in [0.5, 0.6) is 5.75 Å². The van der Waals surface area contributed by atoms with Crippen molar-refractivity contribution in [2.45, 2.75) is 25.8 Å². The van der Waals surface area contributed by atoms with E-state index in [1.54, 1.807) is 17.1 Å². The summed E-state index contributed by atoms with van der Waals surface area (Å²) in [6.45, 7) is 3.37. The van der Waals surface area contributed by atoms with Crippen molar-refractivity contribution in [3.8, 4) is 5.75 Å². The van der Waals surface area contributed by atoms with E-state index in [2.05, 4.69) is 0 Å². The highest BCUT2D eigenvalue weighted by Gasteiger charge is 2.26. The summed E-state index contributed by atoms with van der Waals surface area (Å²) in [4.78, 5) is 13.8. The summed E-state index contributed by atoms with van der Waals surface area (Å²) in [5.41, 5.74) is 0.960. The minimum atomic E-state index is -0.0320. The molecule has 4 heteroatoms. The molecule has 1 aliphatic heterocycles. The van der Waals surface area contributed by atoms with E-state index in [9.17, 15) is 9.90 Å². The fourth-order valence-corrected chi connectivity index (χ4v) is 2.42. The number of rotatable bonds is 5. The third kappa shape index (κ3) is 3.61. The Morgan fingerprint density at radius 2 is 2.20 bits per heavy atom. The number of hydrogen-bond donors (Lipinski definition) is 1. The highest BCUT2D eigenvalue weighted by Crippen LogP contribution is 2.18. The number of aliphatic hydroxyl groups is 1. The van der Waals surface area contributed by atoms with Crippen molar-refractivity contribution >= 4 is 12.0 Å². The van der Waals surface area contributed by atoms with Gasteiger partial charge in [-0.05, 0) is 43.5 Å². The Balaban J connectivity index is 1.96. The lowest BCUT2D eigenvalue weighted by atomic mass is 10.2. The van der Waals surface area contributed by atoms with Crippen molar-refractivity contribution in [2.24, 2.45) is 0 Å². The molecule has 1 aliphatic rings. The molecule has 0 bridgehead atoms. The van der Waals surface area contributed by atoms with Gasteiger partial charge in [0.1, 0.15) is 5.75 Å². The van der Waals surface area contributed by atoms with Crippen LogP contribution in [-0.4, -0.2) is 41.7 Å². The van der Waals surface area contributed by atoms with Crippen molar-refractivity contribution in [3.63, 3.8) is 0 Å². The van der Waals surface area contributed by atoms with Gasteiger partial charge in [-0.1, -0.05) is 12.1 Å². The van der Waals surface area contributed by atoms with Gasteiger partial charge in [0.05, 0.1) is 19.3 Å². The molecule has 108 valence electrons. The van der Waals surface area contributed by atoms with Gasteiger partial charge >= 0.3 is 0 Å². The number of carbonyl (C=O) groups is 1. The first-order chi connectivity index (χ1) is 9.74. The van der Waals surface area contributed by atoms with E-state index in [1.165, 1.54) is 0 Å². The van der Waals surface area contributed by atoms with Crippen LogP contribution < -0.4 is 4.74 Å². The lowest BCUT2D eigenvalue weighted by Gasteiger charge is -2.21. The van der Waals surface area contributed by atoms with Gasteiger partial charge in [0.25, 0.3) is 0 Å². The Morgan fingerprint density at radius 1 is 1.45 bits per heavy atom. The van der Waals surface area contributed by atoms with Crippen molar-refractivity contribution in [2.75, 3.05) is 19.8 Å². The highest BCUT2D eigenvalue weighted by molar-refractivity contribution is 5.92. The normalized spacial score (nSPS) is 18.7. The molecule has 0 radical (unpaired) electrons. The summed E-state index contributed by atoms with van der Waals surface area (Å²) in [5, 5.41) is 9.22. The zero-order valence-corrected chi connectivity index (χ0v) is 11.8. The molecule has 0 unspecified atom stereocenters. The molecule has 0 saturated carbocycles. The van der Waals surface area contributed by atoms with Crippen LogP contribution in [0, 0.1) is 0 Å². The van der Waals surface area contributed by atoms with Crippen LogP contribution in [0.4, 0.5) is 0 Å². The molecular formula is C16H21NO3. The SMILES string of the molecule is CCOc1ccc(C=CC(=O)N2CCC[C@H]2CO)cc1. The van der Waals surface area contributed by atoms with E-state index in [-0.39, 0.29) is 18.6 Å². The zero-order valence-electron chi connectivity index (χ0n) is 11.8. The van der Waals surface area contributed by atoms with Crippen molar-refractivity contribution in [1.82, 2.24) is 4.90 Å².